The van der Waals surface area contributed by atoms with Gasteiger partial charge in [-0.15, -0.1) is 0 Å². The predicted octanol–water partition coefficient (Wildman–Crippen LogP) is 6.50. The first kappa shape index (κ1) is 22.1. The summed E-state index contributed by atoms with van der Waals surface area (Å²) in [5.74, 6) is 4.09. The fraction of sp³-hybridized carbons (Fsp3) is 0.852. The monoisotopic (exact) mass is 414 g/mol. The van der Waals surface area contributed by atoms with Gasteiger partial charge < -0.3 is 4.74 Å². The van der Waals surface area contributed by atoms with Crippen LogP contribution >= 0.6 is 0 Å². The average Bonchev–Trinajstić information content (AvgIpc) is 3.03. The van der Waals surface area contributed by atoms with Crippen LogP contribution in [-0.2, 0) is 14.3 Å². The van der Waals surface area contributed by atoms with Crippen LogP contribution in [0.4, 0.5) is 0 Å². The van der Waals surface area contributed by atoms with Gasteiger partial charge in [-0.05, 0) is 111 Å². The number of carbonyl (C=O) groups excluding carboxylic acids is 2. The highest BCUT2D eigenvalue weighted by atomic mass is 16.5. The Kier molecular flexibility index (Phi) is 6.21. The Balaban J connectivity index is 1.42. The topological polar surface area (TPSA) is 43.4 Å². The standard InChI is InChI=1S/C27H42O3/c1-5-7-25(29)30-15-6-8-19-10-12-23-22-11-9-20-17-21(28)16-18(2)27(20,4)24(22)13-14-26(19,23)3/h16,19-20,22-24H,5-15,17H2,1-4H3/t19-,20+,22+,23+,24+,26-,27+/m1/s1. The van der Waals surface area contributed by atoms with E-state index in [1.54, 1.807) is 0 Å². The van der Waals surface area contributed by atoms with Crippen molar-refractivity contribution in [1.82, 2.24) is 0 Å². The highest BCUT2D eigenvalue weighted by molar-refractivity contribution is 5.91. The highest BCUT2D eigenvalue weighted by Crippen LogP contribution is 2.68. The van der Waals surface area contributed by atoms with Gasteiger partial charge in [0.1, 0.15) is 0 Å². The SMILES string of the molecule is CCCC(=O)OCCC[C@@H]1CC[C@H]2[C@@H]3CC[C@H]4CC(=O)C=C(C)[C@]4(C)[C@H]3CC[C@]12C. The molecule has 3 saturated carbocycles. The van der Waals surface area contributed by atoms with Gasteiger partial charge in [0.05, 0.1) is 6.61 Å². The molecule has 0 heterocycles. The molecular formula is C27H42O3. The fourth-order valence-corrected chi connectivity index (χ4v) is 8.43. The predicted molar refractivity (Wildman–Crippen MR) is 120 cm³/mol. The summed E-state index contributed by atoms with van der Waals surface area (Å²) in [4.78, 5) is 23.8. The van der Waals surface area contributed by atoms with Crippen molar-refractivity contribution in [2.24, 2.45) is 40.4 Å². The Hall–Kier alpha value is -1.12. The molecule has 168 valence electrons. The average molecular weight is 415 g/mol. The van der Waals surface area contributed by atoms with Crippen molar-refractivity contribution in [3.05, 3.63) is 11.6 Å². The molecule has 0 aromatic heterocycles. The van der Waals surface area contributed by atoms with E-state index in [4.69, 9.17) is 4.74 Å². The lowest BCUT2D eigenvalue weighted by molar-refractivity contribution is -0.144. The van der Waals surface area contributed by atoms with Gasteiger partial charge >= 0.3 is 5.97 Å². The minimum absolute atomic E-state index is 0.0343. The second-order valence-electron chi connectivity index (χ2n) is 11.4. The zero-order valence-electron chi connectivity index (χ0n) is 19.7. The van der Waals surface area contributed by atoms with Gasteiger partial charge in [-0.2, -0.15) is 0 Å². The molecule has 7 atom stereocenters. The van der Waals surface area contributed by atoms with Crippen LogP contribution in [-0.4, -0.2) is 18.4 Å². The van der Waals surface area contributed by atoms with E-state index in [0.717, 1.165) is 42.9 Å². The fourth-order valence-electron chi connectivity index (χ4n) is 8.43. The first-order valence-electron chi connectivity index (χ1n) is 12.7. The summed E-state index contributed by atoms with van der Waals surface area (Å²) in [6.07, 6.45) is 14.3. The van der Waals surface area contributed by atoms with Gasteiger partial charge in [0.2, 0.25) is 0 Å². The van der Waals surface area contributed by atoms with Crippen molar-refractivity contribution in [2.45, 2.75) is 98.3 Å². The van der Waals surface area contributed by atoms with E-state index in [-0.39, 0.29) is 11.4 Å². The van der Waals surface area contributed by atoms with E-state index in [1.165, 1.54) is 50.5 Å². The zero-order valence-corrected chi connectivity index (χ0v) is 19.7. The molecule has 0 aliphatic heterocycles. The van der Waals surface area contributed by atoms with Crippen molar-refractivity contribution < 1.29 is 14.3 Å². The van der Waals surface area contributed by atoms with Gasteiger partial charge in [0.15, 0.2) is 5.78 Å². The van der Waals surface area contributed by atoms with Crippen molar-refractivity contribution in [2.75, 3.05) is 6.61 Å². The van der Waals surface area contributed by atoms with Crippen LogP contribution in [0.3, 0.4) is 0 Å². The molecule has 3 fully saturated rings. The molecule has 0 amide bonds. The molecule has 0 bridgehead atoms. The Bertz CT molecular complexity index is 709. The number of hydrogen-bond acceptors (Lipinski definition) is 3. The van der Waals surface area contributed by atoms with E-state index < -0.39 is 0 Å². The number of carbonyl (C=O) groups is 2. The second-order valence-corrected chi connectivity index (χ2v) is 11.4. The summed E-state index contributed by atoms with van der Waals surface area (Å²) in [6.45, 7) is 9.92. The third-order valence-corrected chi connectivity index (χ3v) is 10.2. The van der Waals surface area contributed by atoms with Crippen LogP contribution in [0.5, 0.6) is 0 Å². The summed E-state index contributed by atoms with van der Waals surface area (Å²) >= 11 is 0. The molecule has 0 N–H and O–H groups in total. The van der Waals surface area contributed by atoms with Crippen LogP contribution in [0.25, 0.3) is 0 Å². The summed E-state index contributed by atoms with van der Waals surface area (Å²) in [5, 5.41) is 0. The van der Waals surface area contributed by atoms with Crippen LogP contribution < -0.4 is 0 Å². The largest absolute Gasteiger partial charge is 0.466 e. The van der Waals surface area contributed by atoms with Crippen molar-refractivity contribution in [3.8, 4) is 0 Å². The lowest BCUT2D eigenvalue weighted by Gasteiger charge is -2.60. The molecule has 30 heavy (non-hydrogen) atoms. The maximum Gasteiger partial charge on any atom is 0.305 e. The zero-order chi connectivity index (χ0) is 21.5. The Morgan fingerprint density at radius 3 is 2.70 bits per heavy atom. The van der Waals surface area contributed by atoms with Crippen molar-refractivity contribution in [3.63, 3.8) is 0 Å². The Morgan fingerprint density at radius 1 is 1.13 bits per heavy atom. The summed E-state index contributed by atoms with van der Waals surface area (Å²) < 4.78 is 5.42. The molecule has 0 aromatic rings. The van der Waals surface area contributed by atoms with Gasteiger partial charge in [-0.1, -0.05) is 26.3 Å². The molecule has 4 rings (SSSR count). The number of fused-ring (bicyclic) bond motifs is 5. The molecule has 0 saturated heterocycles. The van der Waals surface area contributed by atoms with Crippen molar-refractivity contribution >= 4 is 11.8 Å². The summed E-state index contributed by atoms with van der Waals surface area (Å²) in [7, 11) is 0. The van der Waals surface area contributed by atoms with Gasteiger partial charge in [0.25, 0.3) is 0 Å². The van der Waals surface area contributed by atoms with Gasteiger partial charge in [0, 0.05) is 12.8 Å². The Morgan fingerprint density at radius 2 is 1.93 bits per heavy atom. The Labute approximate surface area is 183 Å². The van der Waals surface area contributed by atoms with Crippen LogP contribution in [0, 0.1) is 40.4 Å². The number of hydrogen-bond donors (Lipinski definition) is 0. The second kappa shape index (κ2) is 8.43. The lowest BCUT2D eigenvalue weighted by Crippen LogP contribution is -2.53. The molecule has 4 aliphatic rings. The molecule has 0 radical (unpaired) electrons. The molecule has 0 spiro atoms. The number of esters is 1. The third kappa shape index (κ3) is 3.58. The normalized spacial score (nSPS) is 42.7. The summed E-state index contributed by atoms with van der Waals surface area (Å²) in [5.41, 5.74) is 2.06. The van der Waals surface area contributed by atoms with E-state index in [2.05, 4.69) is 20.8 Å². The smallest absolute Gasteiger partial charge is 0.305 e. The summed E-state index contributed by atoms with van der Waals surface area (Å²) in [6, 6.07) is 0. The maximum absolute atomic E-state index is 12.2. The van der Waals surface area contributed by atoms with Gasteiger partial charge in [-0.25, -0.2) is 0 Å². The van der Waals surface area contributed by atoms with E-state index in [9.17, 15) is 9.59 Å². The molecule has 0 unspecified atom stereocenters. The van der Waals surface area contributed by atoms with Gasteiger partial charge in [-0.3, -0.25) is 9.59 Å². The van der Waals surface area contributed by atoms with E-state index in [0.29, 0.717) is 30.1 Å². The molecular weight excluding hydrogens is 372 g/mol. The van der Waals surface area contributed by atoms with Crippen LogP contribution in [0.1, 0.15) is 98.3 Å². The molecule has 3 heteroatoms. The number of ketones is 1. The first-order chi connectivity index (χ1) is 14.3. The number of allylic oxidation sites excluding steroid dienone is 2. The number of rotatable bonds is 6. The van der Waals surface area contributed by atoms with Crippen LogP contribution in [0.15, 0.2) is 11.6 Å². The van der Waals surface area contributed by atoms with E-state index >= 15 is 0 Å². The molecule has 0 aromatic carbocycles. The number of ether oxygens (including phenoxy) is 1. The minimum Gasteiger partial charge on any atom is -0.466 e. The molecule has 3 nitrogen and oxygen atoms in total. The minimum atomic E-state index is -0.0343. The maximum atomic E-state index is 12.2. The third-order valence-electron chi connectivity index (χ3n) is 10.2. The highest BCUT2D eigenvalue weighted by Gasteiger charge is 2.60. The van der Waals surface area contributed by atoms with E-state index in [1.807, 2.05) is 13.0 Å². The van der Waals surface area contributed by atoms with Crippen LogP contribution in [0.2, 0.25) is 0 Å². The molecule has 4 aliphatic carbocycles. The lowest BCUT2D eigenvalue weighted by atomic mass is 9.44. The first-order valence-corrected chi connectivity index (χ1v) is 12.7. The van der Waals surface area contributed by atoms with Crippen molar-refractivity contribution in [1.29, 1.82) is 0 Å². The quantitative estimate of drug-likeness (QED) is 0.368.